The van der Waals surface area contributed by atoms with Crippen molar-refractivity contribution < 1.29 is 14.7 Å². The van der Waals surface area contributed by atoms with Crippen LogP contribution in [0.2, 0.25) is 0 Å². The van der Waals surface area contributed by atoms with Gasteiger partial charge >= 0.3 is 5.97 Å². The molecule has 21 heavy (non-hydrogen) atoms. The van der Waals surface area contributed by atoms with Gasteiger partial charge in [-0.2, -0.15) is 0 Å². The lowest BCUT2D eigenvalue weighted by molar-refractivity contribution is 0.0695. The maximum atomic E-state index is 12.3. The average molecular weight is 349 g/mol. The first-order valence-corrected chi connectivity index (χ1v) is 6.88. The van der Waals surface area contributed by atoms with Gasteiger partial charge in [-0.25, -0.2) is 4.79 Å². The second-order valence-electron chi connectivity index (χ2n) is 4.47. The lowest BCUT2D eigenvalue weighted by atomic mass is 10.1. The van der Waals surface area contributed by atoms with Crippen LogP contribution in [0, 0.1) is 6.92 Å². The molecule has 108 valence electrons. The van der Waals surface area contributed by atoms with Gasteiger partial charge in [-0.1, -0.05) is 22.0 Å². The van der Waals surface area contributed by atoms with E-state index >= 15 is 0 Å². The number of carboxylic acid groups (broad SMARTS) is 1. The number of rotatable bonds is 3. The van der Waals surface area contributed by atoms with E-state index in [9.17, 15) is 9.59 Å². The van der Waals surface area contributed by atoms with Crippen LogP contribution in [0.25, 0.3) is 0 Å². The summed E-state index contributed by atoms with van der Waals surface area (Å²) in [7, 11) is 0. The molecule has 0 bridgehead atoms. The SMILES string of the molecule is Cc1c(NC(=O)c2cc(Br)ccc2N)cccc1C(=O)O. The van der Waals surface area contributed by atoms with Crippen LogP contribution in [0.4, 0.5) is 11.4 Å². The summed E-state index contributed by atoms with van der Waals surface area (Å²) in [5, 5.41) is 11.8. The molecular weight excluding hydrogens is 336 g/mol. The van der Waals surface area contributed by atoms with E-state index in [0.29, 0.717) is 22.5 Å². The number of halogens is 1. The summed E-state index contributed by atoms with van der Waals surface area (Å²) in [5.74, 6) is -1.43. The summed E-state index contributed by atoms with van der Waals surface area (Å²) in [6, 6.07) is 9.69. The van der Waals surface area contributed by atoms with E-state index in [1.165, 1.54) is 6.07 Å². The fraction of sp³-hybridized carbons (Fsp3) is 0.0667. The summed E-state index contributed by atoms with van der Waals surface area (Å²) in [6.45, 7) is 1.64. The molecule has 0 saturated carbocycles. The lowest BCUT2D eigenvalue weighted by Crippen LogP contribution is -2.15. The first-order chi connectivity index (χ1) is 9.90. The van der Waals surface area contributed by atoms with E-state index < -0.39 is 5.97 Å². The van der Waals surface area contributed by atoms with Crippen molar-refractivity contribution in [3.8, 4) is 0 Å². The molecule has 1 amide bonds. The van der Waals surface area contributed by atoms with Crippen LogP contribution >= 0.6 is 15.9 Å². The lowest BCUT2D eigenvalue weighted by Gasteiger charge is -2.11. The molecular formula is C15H13BrN2O3. The zero-order valence-electron chi connectivity index (χ0n) is 11.2. The number of nitrogens with two attached hydrogens (primary N) is 1. The highest BCUT2D eigenvalue weighted by Gasteiger charge is 2.14. The van der Waals surface area contributed by atoms with Gasteiger partial charge in [0.05, 0.1) is 11.1 Å². The summed E-state index contributed by atoms with van der Waals surface area (Å²) < 4.78 is 0.734. The van der Waals surface area contributed by atoms with Gasteiger partial charge in [0.2, 0.25) is 0 Å². The van der Waals surface area contributed by atoms with Crippen LogP contribution in [0.3, 0.4) is 0 Å². The largest absolute Gasteiger partial charge is 0.478 e. The first-order valence-electron chi connectivity index (χ1n) is 6.09. The molecule has 0 fully saturated rings. The molecule has 4 N–H and O–H groups in total. The third kappa shape index (κ3) is 3.22. The van der Waals surface area contributed by atoms with Crippen molar-refractivity contribution in [2.45, 2.75) is 6.92 Å². The molecule has 0 aliphatic carbocycles. The Hall–Kier alpha value is -2.34. The molecule has 0 aliphatic rings. The van der Waals surface area contributed by atoms with Gasteiger partial charge in [-0.05, 0) is 42.8 Å². The molecule has 2 rings (SSSR count). The van der Waals surface area contributed by atoms with E-state index in [-0.39, 0.29) is 11.5 Å². The quantitative estimate of drug-likeness (QED) is 0.742. The van der Waals surface area contributed by atoms with Crippen molar-refractivity contribution in [2.24, 2.45) is 0 Å². The fourth-order valence-electron chi connectivity index (χ4n) is 1.92. The third-order valence-electron chi connectivity index (χ3n) is 3.07. The number of carbonyl (C=O) groups is 2. The predicted octanol–water partition coefficient (Wildman–Crippen LogP) is 3.29. The molecule has 6 heteroatoms. The molecule has 2 aromatic carbocycles. The minimum atomic E-state index is -1.04. The van der Waals surface area contributed by atoms with Gasteiger partial charge in [-0.15, -0.1) is 0 Å². The van der Waals surface area contributed by atoms with Gasteiger partial charge < -0.3 is 16.2 Å². The summed E-state index contributed by atoms with van der Waals surface area (Å²) >= 11 is 3.28. The average Bonchev–Trinajstić information content (AvgIpc) is 2.43. The fourth-order valence-corrected chi connectivity index (χ4v) is 2.28. The van der Waals surface area contributed by atoms with Crippen molar-refractivity contribution in [2.75, 3.05) is 11.1 Å². The smallest absolute Gasteiger partial charge is 0.336 e. The standard InChI is InChI=1S/C15H13BrN2O3/c1-8-10(15(20)21)3-2-4-13(8)18-14(19)11-7-9(16)5-6-12(11)17/h2-7H,17H2,1H3,(H,18,19)(H,20,21). The number of nitrogens with one attached hydrogen (secondary N) is 1. The normalized spacial score (nSPS) is 10.2. The number of hydrogen-bond donors (Lipinski definition) is 3. The van der Waals surface area contributed by atoms with Crippen molar-refractivity contribution in [3.05, 3.63) is 57.6 Å². The van der Waals surface area contributed by atoms with Crippen LogP contribution in [0.1, 0.15) is 26.3 Å². The number of anilines is 2. The second-order valence-corrected chi connectivity index (χ2v) is 5.38. The molecule has 0 aliphatic heterocycles. The molecule has 0 unspecified atom stereocenters. The number of benzene rings is 2. The van der Waals surface area contributed by atoms with Gasteiger partial charge in [0.25, 0.3) is 5.91 Å². The van der Waals surface area contributed by atoms with Gasteiger partial charge in [-0.3, -0.25) is 4.79 Å². The van der Waals surface area contributed by atoms with E-state index in [0.717, 1.165) is 4.47 Å². The van der Waals surface area contributed by atoms with E-state index in [4.69, 9.17) is 10.8 Å². The first kappa shape index (κ1) is 15.1. The summed E-state index contributed by atoms with van der Waals surface area (Å²) in [6.07, 6.45) is 0. The molecule has 0 atom stereocenters. The molecule has 0 spiro atoms. The molecule has 0 heterocycles. The predicted molar refractivity (Wildman–Crippen MR) is 84.6 cm³/mol. The number of carbonyl (C=O) groups excluding carboxylic acids is 1. The monoisotopic (exact) mass is 348 g/mol. The van der Waals surface area contributed by atoms with Crippen LogP contribution < -0.4 is 11.1 Å². The Morgan fingerprint density at radius 2 is 1.90 bits per heavy atom. The number of hydrogen-bond acceptors (Lipinski definition) is 3. The van der Waals surface area contributed by atoms with E-state index in [1.807, 2.05) is 0 Å². The zero-order valence-corrected chi connectivity index (χ0v) is 12.8. The van der Waals surface area contributed by atoms with Crippen LogP contribution in [-0.4, -0.2) is 17.0 Å². The Morgan fingerprint density at radius 1 is 1.19 bits per heavy atom. The van der Waals surface area contributed by atoms with Crippen LogP contribution in [-0.2, 0) is 0 Å². The maximum absolute atomic E-state index is 12.3. The molecule has 0 aromatic heterocycles. The van der Waals surface area contributed by atoms with Crippen LogP contribution in [0.15, 0.2) is 40.9 Å². The minimum absolute atomic E-state index is 0.148. The Kier molecular flexibility index (Phi) is 4.28. The van der Waals surface area contributed by atoms with Crippen molar-refractivity contribution in [1.29, 1.82) is 0 Å². The Morgan fingerprint density at radius 3 is 2.57 bits per heavy atom. The highest BCUT2D eigenvalue weighted by molar-refractivity contribution is 9.10. The Balaban J connectivity index is 2.34. The summed E-state index contributed by atoms with van der Waals surface area (Å²) in [4.78, 5) is 23.4. The van der Waals surface area contributed by atoms with Gasteiger partial charge in [0.1, 0.15) is 0 Å². The van der Waals surface area contributed by atoms with Crippen molar-refractivity contribution in [3.63, 3.8) is 0 Å². The highest BCUT2D eigenvalue weighted by atomic mass is 79.9. The number of aromatic carboxylic acids is 1. The maximum Gasteiger partial charge on any atom is 0.336 e. The number of amides is 1. The number of nitrogen functional groups attached to an aromatic ring is 1. The van der Waals surface area contributed by atoms with Gasteiger partial charge in [0.15, 0.2) is 0 Å². The summed E-state index contributed by atoms with van der Waals surface area (Å²) in [5.41, 5.74) is 7.54. The number of carboxylic acids is 1. The molecule has 2 aromatic rings. The second kappa shape index (κ2) is 5.97. The Bertz CT molecular complexity index is 729. The van der Waals surface area contributed by atoms with Crippen molar-refractivity contribution in [1.82, 2.24) is 0 Å². The van der Waals surface area contributed by atoms with Crippen LogP contribution in [0.5, 0.6) is 0 Å². The molecule has 0 saturated heterocycles. The molecule has 5 nitrogen and oxygen atoms in total. The topological polar surface area (TPSA) is 92.4 Å². The minimum Gasteiger partial charge on any atom is -0.478 e. The Labute approximate surface area is 129 Å². The van der Waals surface area contributed by atoms with E-state index in [2.05, 4.69) is 21.2 Å². The molecule has 0 radical (unpaired) electrons. The highest BCUT2D eigenvalue weighted by Crippen LogP contribution is 2.23. The van der Waals surface area contributed by atoms with E-state index in [1.54, 1.807) is 37.3 Å². The zero-order chi connectivity index (χ0) is 15.6. The van der Waals surface area contributed by atoms with Gasteiger partial charge in [0, 0.05) is 15.8 Å². The van der Waals surface area contributed by atoms with Crippen molar-refractivity contribution >= 4 is 39.2 Å². The third-order valence-corrected chi connectivity index (χ3v) is 3.57.